The van der Waals surface area contributed by atoms with Gasteiger partial charge in [0.25, 0.3) is 0 Å². The zero-order chi connectivity index (χ0) is 13.2. The fourth-order valence-electron chi connectivity index (χ4n) is 2.34. The smallest absolute Gasteiger partial charge is 0.312 e. The highest BCUT2D eigenvalue weighted by Gasteiger charge is 2.34. The molecule has 90 valence electrons. The van der Waals surface area contributed by atoms with E-state index >= 15 is 0 Å². The Bertz CT molecular complexity index is 436. The summed E-state index contributed by atoms with van der Waals surface area (Å²) in [6, 6.07) is 3.64. The zero-order valence-electron chi connectivity index (χ0n) is 11.3. The van der Waals surface area contributed by atoms with Crippen molar-refractivity contribution < 1.29 is 9.53 Å². The molecule has 3 heteroatoms. The maximum Gasteiger partial charge on any atom is 0.312 e. The minimum absolute atomic E-state index is 0.164. The molecule has 0 saturated heterocycles. The zero-order valence-corrected chi connectivity index (χ0v) is 11.3. The van der Waals surface area contributed by atoms with Crippen molar-refractivity contribution in [2.75, 3.05) is 0 Å². The lowest BCUT2D eigenvalue weighted by atomic mass is 9.75. The van der Waals surface area contributed by atoms with Crippen molar-refractivity contribution in [3.63, 3.8) is 0 Å². The standard InChI is InChI=1S/C12H13BO2.C2H6/c1-7-4-8(13)5-9-11(7)12(2,3)6-10(14)15-9;1-2/h4-5H,6H2,1-3H3;1-2H3. The van der Waals surface area contributed by atoms with Crippen molar-refractivity contribution in [2.24, 2.45) is 0 Å². The molecule has 1 aromatic rings. The van der Waals surface area contributed by atoms with Crippen LogP contribution in [0.2, 0.25) is 0 Å². The van der Waals surface area contributed by atoms with Gasteiger partial charge >= 0.3 is 5.97 Å². The molecule has 0 bridgehead atoms. The number of esters is 1. The molecule has 0 amide bonds. The molecule has 2 rings (SSSR count). The second-order valence-corrected chi connectivity index (χ2v) is 4.75. The van der Waals surface area contributed by atoms with Crippen LogP contribution < -0.4 is 10.2 Å². The van der Waals surface area contributed by atoms with Crippen LogP contribution in [0.5, 0.6) is 5.75 Å². The third kappa shape index (κ3) is 2.71. The van der Waals surface area contributed by atoms with E-state index < -0.39 is 0 Å². The van der Waals surface area contributed by atoms with Gasteiger partial charge in [-0.05, 0) is 18.6 Å². The van der Waals surface area contributed by atoms with Gasteiger partial charge in [-0.2, -0.15) is 0 Å². The van der Waals surface area contributed by atoms with Gasteiger partial charge in [-0.3, -0.25) is 4.79 Å². The molecular formula is C14H19BO2. The van der Waals surface area contributed by atoms with Crippen LogP contribution in [0.1, 0.15) is 45.2 Å². The Balaban J connectivity index is 0.000000686. The van der Waals surface area contributed by atoms with Crippen molar-refractivity contribution in [1.82, 2.24) is 0 Å². The van der Waals surface area contributed by atoms with Crippen molar-refractivity contribution in [1.29, 1.82) is 0 Å². The fourth-order valence-corrected chi connectivity index (χ4v) is 2.34. The molecule has 1 aromatic carbocycles. The van der Waals surface area contributed by atoms with E-state index in [1.807, 2.05) is 26.8 Å². The van der Waals surface area contributed by atoms with Crippen LogP contribution in [-0.2, 0) is 10.2 Å². The lowest BCUT2D eigenvalue weighted by Crippen LogP contribution is -2.32. The van der Waals surface area contributed by atoms with Gasteiger partial charge in [0.05, 0.1) is 6.42 Å². The molecule has 1 aliphatic heterocycles. The third-order valence-corrected chi connectivity index (χ3v) is 2.81. The molecule has 0 aliphatic carbocycles. The monoisotopic (exact) mass is 230 g/mol. The van der Waals surface area contributed by atoms with Gasteiger partial charge in [-0.25, -0.2) is 0 Å². The first-order valence-electron chi connectivity index (χ1n) is 6.01. The molecule has 0 fully saturated rings. The molecule has 2 radical (unpaired) electrons. The second kappa shape index (κ2) is 4.95. The summed E-state index contributed by atoms with van der Waals surface area (Å²) in [5, 5.41) is 0. The highest BCUT2D eigenvalue weighted by molar-refractivity contribution is 6.32. The predicted octanol–water partition coefficient (Wildman–Crippen LogP) is 2.40. The van der Waals surface area contributed by atoms with Crippen LogP contribution in [-0.4, -0.2) is 13.8 Å². The SMILES string of the molecule is CC.[B]c1cc(C)c2c(c1)OC(=O)CC2(C)C. The van der Waals surface area contributed by atoms with E-state index in [1.54, 1.807) is 6.07 Å². The lowest BCUT2D eigenvalue weighted by molar-refractivity contribution is -0.136. The Hall–Kier alpha value is -1.25. The number of ether oxygens (including phenoxy) is 1. The quantitative estimate of drug-likeness (QED) is 0.388. The van der Waals surface area contributed by atoms with E-state index in [-0.39, 0.29) is 11.4 Å². The Morgan fingerprint density at radius 1 is 1.29 bits per heavy atom. The Morgan fingerprint density at radius 2 is 1.88 bits per heavy atom. The van der Waals surface area contributed by atoms with Crippen LogP contribution in [0.3, 0.4) is 0 Å². The van der Waals surface area contributed by atoms with E-state index in [2.05, 4.69) is 13.8 Å². The number of carbonyl (C=O) groups excluding carboxylic acids is 1. The fraction of sp³-hybridized carbons (Fsp3) is 0.500. The van der Waals surface area contributed by atoms with Gasteiger partial charge in [0.2, 0.25) is 0 Å². The summed E-state index contributed by atoms with van der Waals surface area (Å²) >= 11 is 0. The van der Waals surface area contributed by atoms with Crippen molar-refractivity contribution in [3.05, 3.63) is 23.3 Å². The minimum atomic E-state index is -0.183. The summed E-state index contributed by atoms with van der Waals surface area (Å²) in [5.74, 6) is 0.436. The molecule has 0 N–H and O–H groups in total. The summed E-state index contributed by atoms with van der Waals surface area (Å²) < 4.78 is 5.21. The molecule has 0 saturated carbocycles. The Labute approximate surface area is 105 Å². The second-order valence-electron chi connectivity index (χ2n) is 4.75. The summed E-state index contributed by atoms with van der Waals surface area (Å²) in [6.45, 7) is 10.1. The summed E-state index contributed by atoms with van der Waals surface area (Å²) in [6.07, 6.45) is 0.421. The number of carbonyl (C=O) groups is 1. The molecule has 1 heterocycles. The Morgan fingerprint density at radius 3 is 2.47 bits per heavy atom. The largest absolute Gasteiger partial charge is 0.426 e. The molecule has 1 aliphatic rings. The number of benzene rings is 1. The van der Waals surface area contributed by atoms with Gasteiger partial charge in [-0.15, -0.1) is 0 Å². The van der Waals surface area contributed by atoms with E-state index in [0.717, 1.165) is 11.1 Å². The number of fused-ring (bicyclic) bond motifs is 1. The first kappa shape index (κ1) is 13.8. The average molecular weight is 230 g/mol. The average Bonchev–Trinajstić information content (AvgIpc) is 2.16. The van der Waals surface area contributed by atoms with E-state index in [4.69, 9.17) is 12.6 Å². The van der Waals surface area contributed by atoms with E-state index in [9.17, 15) is 4.79 Å². The van der Waals surface area contributed by atoms with Gasteiger partial charge in [0, 0.05) is 11.0 Å². The molecule has 17 heavy (non-hydrogen) atoms. The number of rotatable bonds is 0. The molecule has 0 aromatic heterocycles. The van der Waals surface area contributed by atoms with Crippen LogP contribution in [0, 0.1) is 6.92 Å². The minimum Gasteiger partial charge on any atom is -0.426 e. The molecule has 0 unspecified atom stereocenters. The van der Waals surface area contributed by atoms with Crippen LogP contribution in [0.25, 0.3) is 0 Å². The first-order chi connectivity index (χ1) is 7.90. The van der Waals surface area contributed by atoms with Crippen molar-refractivity contribution in [3.8, 4) is 5.75 Å². The van der Waals surface area contributed by atoms with Crippen molar-refractivity contribution in [2.45, 2.75) is 46.5 Å². The molecule has 0 atom stereocenters. The maximum absolute atomic E-state index is 11.4. The van der Waals surface area contributed by atoms with Crippen LogP contribution in [0.15, 0.2) is 12.1 Å². The predicted molar refractivity (Wildman–Crippen MR) is 71.2 cm³/mol. The topological polar surface area (TPSA) is 26.3 Å². The van der Waals surface area contributed by atoms with E-state index in [0.29, 0.717) is 17.6 Å². The lowest BCUT2D eigenvalue weighted by Gasteiger charge is -2.32. The van der Waals surface area contributed by atoms with Crippen LogP contribution >= 0.6 is 0 Å². The summed E-state index contributed by atoms with van der Waals surface area (Å²) in [7, 11) is 5.73. The van der Waals surface area contributed by atoms with Crippen LogP contribution in [0.4, 0.5) is 0 Å². The highest BCUT2D eigenvalue weighted by Crippen LogP contribution is 2.40. The Kier molecular flexibility index (Phi) is 4.02. The number of hydrogen-bond acceptors (Lipinski definition) is 2. The summed E-state index contributed by atoms with van der Waals surface area (Å²) in [4.78, 5) is 11.4. The number of hydrogen-bond donors (Lipinski definition) is 0. The highest BCUT2D eigenvalue weighted by atomic mass is 16.5. The first-order valence-corrected chi connectivity index (χ1v) is 6.01. The van der Waals surface area contributed by atoms with Crippen molar-refractivity contribution >= 4 is 19.3 Å². The van der Waals surface area contributed by atoms with Gasteiger partial charge in [0.15, 0.2) is 0 Å². The van der Waals surface area contributed by atoms with Gasteiger partial charge < -0.3 is 4.74 Å². The van der Waals surface area contributed by atoms with Gasteiger partial charge in [-0.1, -0.05) is 39.2 Å². The summed E-state index contributed by atoms with van der Waals surface area (Å²) in [5.41, 5.74) is 2.65. The number of aryl methyl sites for hydroxylation is 1. The molecule has 2 nitrogen and oxygen atoms in total. The molecule has 0 spiro atoms. The van der Waals surface area contributed by atoms with E-state index in [1.165, 1.54) is 0 Å². The molecular weight excluding hydrogens is 211 g/mol. The normalized spacial score (nSPS) is 16.4. The maximum atomic E-state index is 11.4. The third-order valence-electron chi connectivity index (χ3n) is 2.81. The van der Waals surface area contributed by atoms with Gasteiger partial charge in [0.1, 0.15) is 13.6 Å².